The predicted molar refractivity (Wildman–Crippen MR) is 101 cm³/mol. The molecule has 0 aliphatic carbocycles. The summed E-state index contributed by atoms with van der Waals surface area (Å²) in [7, 11) is -1.82. The van der Waals surface area contributed by atoms with Crippen molar-refractivity contribution in [1.82, 2.24) is 14.5 Å². The van der Waals surface area contributed by atoms with Crippen molar-refractivity contribution < 1.29 is 41.8 Å². The molecule has 31 heavy (non-hydrogen) atoms. The zero-order valence-corrected chi connectivity index (χ0v) is 16.8. The van der Waals surface area contributed by atoms with Gasteiger partial charge in [-0.3, -0.25) is 18.6 Å². The fourth-order valence-electron chi connectivity index (χ4n) is 2.70. The van der Waals surface area contributed by atoms with Gasteiger partial charge in [-0.15, -0.1) is 0 Å². The summed E-state index contributed by atoms with van der Waals surface area (Å²) in [6.07, 6.45) is -4.60. The van der Waals surface area contributed by atoms with Gasteiger partial charge in [0.05, 0.1) is 33.3 Å². The Hall–Kier alpha value is -3.19. The Morgan fingerprint density at radius 1 is 1.26 bits per heavy atom. The maximum absolute atomic E-state index is 13.0. The van der Waals surface area contributed by atoms with Crippen molar-refractivity contribution in [3.8, 4) is 5.75 Å². The summed E-state index contributed by atoms with van der Waals surface area (Å²) in [6.45, 7) is -0.398. The highest BCUT2D eigenvalue weighted by molar-refractivity contribution is 7.84. The molecule has 0 saturated carbocycles. The van der Waals surface area contributed by atoms with Gasteiger partial charge in [0.15, 0.2) is 13.3 Å². The van der Waals surface area contributed by atoms with Crippen molar-refractivity contribution in [3.05, 3.63) is 47.8 Å². The van der Waals surface area contributed by atoms with E-state index >= 15 is 0 Å². The van der Waals surface area contributed by atoms with Crippen LogP contribution in [0.4, 0.5) is 18.0 Å². The van der Waals surface area contributed by atoms with Crippen LogP contribution in [-0.2, 0) is 32.9 Å². The van der Waals surface area contributed by atoms with Gasteiger partial charge in [-0.1, -0.05) is 12.1 Å². The zero-order valence-electron chi connectivity index (χ0n) is 16.0. The number of alkyl halides is 3. The fourth-order valence-corrected chi connectivity index (χ4v) is 3.97. The Bertz CT molecular complexity index is 1120. The lowest BCUT2D eigenvalue weighted by Gasteiger charge is -2.13. The van der Waals surface area contributed by atoms with Crippen LogP contribution in [0.5, 0.6) is 5.75 Å². The van der Waals surface area contributed by atoms with E-state index < -0.39 is 36.5 Å². The summed E-state index contributed by atoms with van der Waals surface area (Å²) in [4.78, 5) is 23.0. The Labute approximate surface area is 175 Å². The second kappa shape index (κ2) is 9.31. The molecule has 0 aliphatic rings. The van der Waals surface area contributed by atoms with E-state index in [9.17, 15) is 22.2 Å². The van der Waals surface area contributed by atoms with Crippen molar-refractivity contribution in [2.24, 2.45) is 0 Å². The molecule has 0 unspecified atom stereocenters. The first-order valence-electron chi connectivity index (χ1n) is 8.65. The predicted octanol–water partition coefficient (Wildman–Crippen LogP) is 3.57. The van der Waals surface area contributed by atoms with E-state index in [1.54, 1.807) is 24.3 Å². The van der Waals surface area contributed by atoms with Gasteiger partial charge in [0, 0.05) is 11.8 Å². The van der Waals surface area contributed by atoms with Gasteiger partial charge in [0.2, 0.25) is 5.16 Å². The monoisotopic (exact) mass is 459 g/mol. The standard InChI is InChI=1S/C18H16F3N3O6S/c1-11-13(22-7-6-15(11)28-9-18(19,20)21)8-31(27)16-23-12-4-2-3-5-14(12)24(16)10-29-17(25)30-26/h2-7,26H,8-10H2,1H3/t31-/m1/s1. The molecule has 0 spiro atoms. The molecule has 0 radical (unpaired) electrons. The normalized spacial score (nSPS) is 12.5. The Morgan fingerprint density at radius 3 is 2.71 bits per heavy atom. The van der Waals surface area contributed by atoms with Crippen LogP contribution < -0.4 is 4.74 Å². The molecule has 0 saturated heterocycles. The third-order valence-corrected chi connectivity index (χ3v) is 5.38. The quantitative estimate of drug-likeness (QED) is 0.324. The summed E-state index contributed by atoms with van der Waals surface area (Å²) >= 11 is 0. The lowest BCUT2D eigenvalue weighted by atomic mass is 10.2. The number of aromatic nitrogens is 3. The molecule has 1 atom stereocenters. The van der Waals surface area contributed by atoms with Gasteiger partial charge < -0.3 is 9.47 Å². The number of para-hydroxylation sites is 2. The smallest absolute Gasteiger partial charge is 0.484 e. The lowest BCUT2D eigenvalue weighted by Crippen LogP contribution is -2.20. The van der Waals surface area contributed by atoms with Crippen LogP contribution >= 0.6 is 0 Å². The van der Waals surface area contributed by atoms with Gasteiger partial charge in [-0.25, -0.2) is 9.78 Å². The number of fused-ring (bicyclic) bond motifs is 1. The van der Waals surface area contributed by atoms with Crippen LogP contribution in [0.2, 0.25) is 0 Å². The van der Waals surface area contributed by atoms with Crippen LogP contribution in [-0.4, -0.2) is 42.9 Å². The number of imidazole rings is 1. The Morgan fingerprint density at radius 2 is 2.00 bits per heavy atom. The molecule has 2 aromatic heterocycles. The topological polar surface area (TPSA) is 113 Å². The van der Waals surface area contributed by atoms with Crippen LogP contribution in [0.1, 0.15) is 11.3 Å². The van der Waals surface area contributed by atoms with E-state index in [-0.39, 0.29) is 22.4 Å². The van der Waals surface area contributed by atoms with E-state index in [4.69, 9.17) is 14.7 Å². The first-order valence-corrected chi connectivity index (χ1v) is 9.97. The van der Waals surface area contributed by atoms with Crippen molar-refractivity contribution in [2.45, 2.75) is 30.7 Å². The second-order valence-electron chi connectivity index (χ2n) is 6.20. The molecule has 0 amide bonds. The number of carbonyl (C=O) groups is 1. The number of halogens is 3. The molecule has 1 aromatic carbocycles. The number of carbonyl (C=O) groups excluding carboxylic acids is 1. The average Bonchev–Trinajstić information content (AvgIpc) is 3.10. The molecule has 1 N–H and O–H groups in total. The number of pyridine rings is 1. The molecule has 0 aliphatic heterocycles. The first kappa shape index (κ1) is 22.5. The third kappa shape index (κ3) is 5.49. The molecule has 0 bridgehead atoms. The van der Waals surface area contributed by atoms with Gasteiger partial charge >= 0.3 is 12.3 Å². The van der Waals surface area contributed by atoms with Gasteiger partial charge in [0.1, 0.15) is 5.75 Å². The largest absolute Gasteiger partial charge is 0.542 e. The van der Waals surface area contributed by atoms with Gasteiger partial charge in [0.25, 0.3) is 0 Å². The third-order valence-electron chi connectivity index (χ3n) is 4.13. The van der Waals surface area contributed by atoms with E-state index in [2.05, 4.69) is 14.9 Å². The summed E-state index contributed by atoms with van der Waals surface area (Å²) in [5, 5.41) is 8.39. The van der Waals surface area contributed by atoms with E-state index in [0.29, 0.717) is 16.6 Å². The molecule has 0 fully saturated rings. The van der Waals surface area contributed by atoms with Gasteiger partial charge in [-0.05, 0) is 25.1 Å². The summed E-state index contributed by atoms with van der Waals surface area (Å²) in [5.74, 6) is -0.204. The van der Waals surface area contributed by atoms with E-state index in [1.165, 1.54) is 23.8 Å². The van der Waals surface area contributed by atoms with E-state index in [1.807, 2.05) is 0 Å². The Kier molecular flexibility index (Phi) is 6.75. The number of nitrogens with zero attached hydrogens (tertiary/aromatic N) is 3. The maximum Gasteiger partial charge on any atom is 0.542 e. The summed E-state index contributed by atoms with van der Waals surface area (Å²) < 4.78 is 61.3. The highest BCUT2D eigenvalue weighted by atomic mass is 32.2. The first-order chi connectivity index (χ1) is 14.7. The maximum atomic E-state index is 13.0. The minimum atomic E-state index is -4.50. The fraction of sp³-hybridized carbons (Fsp3) is 0.278. The van der Waals surface area contributed by atoms with Crippen molar-refractivity contribution in [3.63, 3.8) is 0 Å². The molecule has 13 heteroatoms. The number of hydrogen-bond donors (Lipinski definition) is 1. The van der Waals surface area contributed by atoms with Crippen LogP contribution in [0.25, 0.3) is 11.0 Å². The number of benzene rings is 1. The highest BCUT2D eigenvalue weighted by Crippen LogP contribution is 2.26. The Balaban J connectivity index is 1.87. The number of ether oxygens (including phenoxy) is 2. The lowest BCUT2D eigenvalue weighted by molar-refractivity contribution is -0.204. The number of rotatable bonds is 7. The molecule has 2 heterocycles. The summed E-state index contributed by atoms with van der Waals surface area (Å²) in [5.41, 5.74) is 1.54. The van der Waals surface area contributed by atoms with Crippen LogP contribution in [0, 0.1) is 6.92 Å². The van der Waals surface area contributed by atoms with Crippen molar-refractivity contribution >= 4 is 28.0 Å². The van der Waals surface area contributed by atoms with Crippen LogP contribution in [0.15, 0.2) is 41.7 Å². The minimum absolute atomic E-state index is 0.0261. The summed E-state index contributed by atoms with van der Waals surface area (Å²) in [6, 6.07) is 8.02. The highest BCUT2D eigenvalue weighted by Gasteiger charge is 2.29. The van der Waals surface area contributed by atoms with Crippen molar-refractivity contribution in [2.75, 3.05) is 6.61 Å². The molecular weight excluding hydrogens is 443 g/mol. The van der Waals surface area contributed by atoms with Gasteiger partial charge in [-0.2, -0.15) is 18.4 Å². The molecule has 3 aromatic rings. The SMILES string of the molecule is Cc1c(OCC(F)(F)F)ccnc1C[S@@](=O)c1nc2ccccc2n1COC(=O)OO. The molecule has 9 nitrogen and oxygen atoms in total. The minimum Gasteiger partial charge on any atom is -0.484 e. The number of hydrogen-bond acceptors (Lipinski definition) is 8. The molecule has 166 valence electrons. The zero-order chi connectivity index (χ0) is 22.6. The second-order valence-corrected chi connectivity index (χ2v) is 7.55. The molecule has 3 rings (SSSR count). The van der Waals surface area contributed by atoms with Crippen molar-refractivity contribution in [1.29, 1.82) is 0 Å². The average molecular weight is 459 g/mol. The van der Waals surface area contributed by atoms with Crippen LogP contribution in [0.3, 0.4) is 0 Å². The molecular formula is C18H16F3N3O6S. The van der Waals surface area contributed by atoms with E-state index in [0.717, 1.165) is 0 Å².